The summed E-state index contributed by atoms with van der Waals surface area (Å²) >= 11 is 0. The van der Waals surface area contributed by atoms with Crippen molar-refractivity contribution in [1.82, 2.24) is 15.1 Å². The molecule has 0 bridgehead atoms. The molecule has 0 atom stereocenters. The van der Waals surface area contributed by atoms with Gasteiger partial charge in [-0.2, -0.15) is 5.10 Å². The van der Waals surface area contributed by atoms with Gasteiger partial charge in [-0.1, -0.05) is 0 Å². The molecule has 6 heteroatoms. The summed E-state index contributed by atoms with van der Waals surface area (Å²) in [4.78, 5) is 14.1. The standard InChI is InChI=1S/C14H24N4O2/c1-17(7-8-20-2)13-9-14(19)18(16-10-13)11-12-3-5-15-6-4-12/h9-10,12,15H,3-8,11H2,1-2H3. The van der Waals surface area contributed by atoms with Gasteiger partial charge in [0.1, 0.15) is 0 Å². The van der Waals surface area contributed by atoms with Gasteiger partial charge in [0.15, 0.2) is 0 Å². The first-order chi connectivity index (χ1) is 9.70. The summed E-state index contributed by atoms with van der Waals surface area (Å²) in [7, 11) is 3.61. The maximum Gasteiger partial charge on any atom is 0.268 e. The molecule has 1 fully saturated rings. The summed E-state index contributed by atoms with van der Waals surface area (Å²) in [6.07, 6.45) is 3.99. The molecule has 0 aliphatic carbocycles. The van der Waals surface area contributed by atoms with Gasteiger partial charge in [0.2, 0.25) is 0 Å². The van der Waals surface area contributed by atoms with Crippen LogP contribution in [0.5, 0.6) is 0 Å². The Bertz CT molecular complexity index is 468. The minimum Gasteiger partial charge on any atom is -0.383 e. The number of likely N-dealkylation sites (N-methyl/N-ethyl adjacent to an activating group) is 1. The molecule has 0 radical (unpaired) electrons. The molecule has 0 aromatic carbocycles. The summed E-state index contributed by atoms with van der Waals surface area (Å²) in [5.41, 5.74) is 0.818. The fourth-order valence-electron chi connectivity index (χ4n) is 2.44. The molecule has 1 N–H and O–H groups in total. The summed E-state index contributed by atoms with van der Waals surface area (Å²) in [5, 5.41) is 7.64. The monoisotopic (exact) mass is 280 g/mol. The molecule has 6 nitrogen and oxygen atoms in total. The van der Waals surface area contributed by atoms with E-state index in [2.05, 4.69) is 10.4 Å². The van der Waals surface area contributed by atoms with E-state index in [1.165, 1.54) is 0 Å². The first kappa shape index (κ1) is 15.0. The van der Waals surface area contributed by atoms with Crippen molar-refractivity contribution in [2.45, 2.75) is 19.4 Å². The first-order valence-electron chi connectivity index (χ1n) is 7.18. The van der Waals surface area contributed by atoms with E-state index in [1.807, 2.05) is 11.9 Å². The van der Waals surface area contributed by atoms with Crippen LogP contribution in [-0.4, -0.2) is 50.2 Å². The normalized spacial score (nSPS) is 16.3. The fourth-order valence-corrected chi connectivity index (χ4v) is 2.44. The Kier molecular flexibility index (Phi) is 5.55. The van der Waals surface area contributed by atoms with Crippen molar-refractivity contribution in [3.63, 3.8) is 0 Å². The molecule has 1 saturated heterocycles. The van der Waals surface area contributed by atoms with Gasteiger partial charge < -0.3 is 15.0 Å². The zero-order valence-corrected chi connectivity index (χ0v) is 12.3. The van der Waals surface area contributed by atoms with Gasteiger partial charge in [-0.15, -0.1) is 0 Å². The highest BCUT2D eigenvalue weighted by molar-refractivity contribution is 5.41. The first-order valence-corrected chi connectivity index (χ1v) is 7.18. The predicted molar refractivity (Wildman–Crippen MR) is 79.2 cm³/mol. The molecule has 20 heavy (non-hydrogen) atoms. The van der Waals surface area contributed by atoms with Gasteiger partial charge in [-0.05, 0) is 31.8 Å². The van der Waals surface area contributed by atoms with Crippen LogP contribution < -0.4 is 15.8 Å². The molecule has 1 aliphatic rings. The quantitative estimate of drug-likeness (QED) is 0.813. The van der Waals surface area contributed by atoms with Crippen LogP contribution in [0, 0.1) is 5.92 Å². The van der Waals surface area contributed by atoms with Crippen molar-refractivity contribution >= 4 is 5.69 Å². The second kappa shape index (κ2) is 7.40. The molecule has 1 aromatic heterocycles. The van der Waals surface area contributed by atoms with Crippen LogP contribution in [0.4, 0.5) is 5.69 Å². The average Bonchev–Trinajstić information content (AvgIpc) is 2.48. The lowest BCUT2D eigenvalue weighted by Gasteiger charge is -2.23. The molecule has 0 amide bonds. The smallest absolute Gasteiger partial charge is 0.268 e. The van der Waals surface area contributed by atoms with Crippen molar-refractivity contribution in [3.8, 4) is 0 Å². The summed E-state index contributed by atoms with van der Waals surface area (Å²) in [6, 6.07) is 1.66. The second-order valence-electron chi connectivity index (χ2n) is 5.34. The molecule has 112 valence electrons. The van der Waals surface area contributed by atoms with Crippen LogP contribution in [0.15, 0.2) is 17.1 Å². The Morgan fingerprint density at radius 3 is 2.90 bits per heavy atom. The number of rotatable bonds is 6. The third-order valence-electron chi connectivity index (χ3n) is 3.82. The van der Waals surface area contributed by atoms with E-state index in [4.69, 9.17) is 4.74 Å². The van der Waals surface area contributed by atoms with E-state index in [0.29, 0.717) is 12.5 Å². The van der Waals surface area contributed by atoms with Crippen molar-refractivity contribution in [1.29, 1.82) is 0 Å². The minimum atomic E-state index is -0.0229. The molecule has 1 aliphatic heterocycles. The van der Waals surface area contributed by atoms with Crippen LogP contribution in [0.1, 0.15) is 12.8 Å². The predicted octanol–water partition coefficient (Wildman–Crippen LogP) is 0.326. The van der Waals surface area contributed by atoms with E-state index >= 15 is 0 Å². The van der Waals surface area contributed by atoms with Crippen LogP contribution >= 0.6 is 0 Å². The number of nitrogens with one attached hydrogen (secondary N) is 1. The second-order valence-corrected chi connectivity index (χ2v) is 5.34. The highest BCUT2D eigenvalue weighted by Gasteiger charge is 2.15. The molecule has 0 spiro atoms. The average molecular weight is 280 g/mol. The number of hydrogen-bond acceptors (Lipinski definition) is 5. The zero-order valence-electron chi connectivity index (χ0n) is 12.3. The Morgan fingerprint density at radius 1 is 1.50 bits per heavy atom. The SMILES string of the molecule is COCCN(C)c1cnn(CC2CCNCC2)c(=O)c1. The lowest BCUT2D eigenvalue weighted by Crippen LogP contribution is -2.34. The van der Waals surface area contributed by atoms with Crippen LogP contribution in [0.25, 0.3) is 0 Å². The molecule has 0 saturated carbocycles. The summed E-state index contributed by atoms with van der Waals surface area (Å²) < 4.78 is 6.62. The topological polar surface area (TPSA) is 59.4 Å². The number of aromatic nitrogens is 2. The van der Waals surface area contributed by atoms with Crippen LogP contribution in [0.3, 0.4) is 0 Å². The lowest BCUT2D eigenvalue weighted by molar-refractivity contribution is 0.206. The molecular weight excluding hydrogens is 256 g/mol. The molecular formula is C14H24N4O2. The van der Waals surface area contributed by atoms with Crippen LogP contribution in [0.2, 0.25) is 0 Å². The van der Waals surface area contributed by atoms with Gasteiger partial charge in [-0.25, -0.2) is 4.68 Å². The third-order valence-corrected chi connectivity index (χ3v) is 3.82. The Morgan fingerprint density at radius 2 is 2.25 bits per heavy atom. The molecule has 2 heterocycles. The molecule has 1 aromatic rings. The number of anilines is 1. The van der Waals surface area contributed by atoms with Gasteiger partial charge in [0, 0.05) is 33.3 Å². The zero-order chi connectivity index (χ0) is 14.4. The third kappa shape index (κ3) is 4.05. The van der Waals surface area contributed by atoms with Gasteiger partial charge in [-0.3, -0.25) is 4.79 Å². The highest BCUT2D eigenvalue weighted by atomic mass is 16.5. The van der Waals surface area contributed by atoms with Gasteiger partial charge in [0.05, 0.1) is 18.5 Å². The van der Waals surface area contributed by atoms with Crippen molar-refractivity contribution in [2.24, 2.45) is 5.92 Å². The van der Waals surface area contributed by atoms with E-state index in [1.54, 1.807) is 24.1 Å². The Labute approximate surface area is 119 Å². The van der Waals surface area contributed by atoms with Crippen molar-refractivity contribution < 1.29 is 4.74 Å². The highest BCUT2D eigenvalue weighted by Crippen LogP contribution is 2.13. The number of methoxy groups -OCH3 is 1. The van der Waals surface area contributed by atoms with Crippen LogP contribution in [-0.2, 0) is 11.3 Å². The maximum absolute atomic E-state index is 12.1. The number of piperidine rings is 1. The summed E-state index contributed by atoms with van der Waals surface area (Å²) in [5.74, 6) is 0.554. The maximum atomic E-state index is 12.1. The Balaban J connectivity index is 1.99. The number of ether oxygens (including phenoxy) is 1. The minimum absolute atomic E-state index is 0.0229. The van der Waals surface area contributed by atoms with Crippen molar-refractivity contribution in [3.05, 3.63) is 22.6 Å². The number of nitrogens with zero attached hydrogens (tertiary/aromatic N) is 3. The Hall–Kier alpha value is -1.40. The van der Waals surface area contributed by atoms with Gasteiger partial charge in [0.25, 0.3) is 5.56 Å². The lowest BCUT2D eigenvalue weighted by atomic mass is 9.98. The van der Waals surface area contributed by atoms with E-state index in [9.17, 15) is 4.79 Å². The number of hydrogen-bond donors (Lipinski definition) is 1. The van der Waals surface area contributed by atoms with E-state index in [-0.39, 0.29) is 5.56 Å². The van der Waals surface area contributed by atoms with Gasteiger partial charge >= 0.3 is 0 Å². The van der Waals surface area contributed by atoms with Crippen molar-refractivity contribution in [2.75, 3.05) is 45.3 Å². The van der Waals surface area contributed by atoms with E-state index < -0.39 is 0 Å². The summed E-state index contributed by atoms with van der Waals surface area (Å²) in [6.45, 7) is 4.18. The molecule has 2 rings (SSSR count). The van der Waals surface area contributed by atoms with E-state index in [0.717, 1.165) is 44.7 Å². The fraction of sp³-hybridized carbons (Fsp3) is 0.714. The largest absolute Gasteiger partial charge is 0.383 e. The molecule has 0 unspecified atom stereocenters.